The molecule has 4 rings (SSSR count). The average molecular weight is 342 g/mol. The van der Waals surface area contributed by atoms with Crippen LogP contribution in [0.25, 0.3) is 11.3 Å². The van der Waals surface area contributed by atoms with Crippen molar-refractivity contribution in [3.8, 4) is 5.75 Å². The zero-order valence-corrected chi connectivity index (χ0v) is 14.4. The largest absolute Gasteiger partial charge is 0.496 e. The Morgan fingerprint density at radius 1 is 1.00 bits per heavy atom. The molecule has 0 aliphatic carbocycles. The molecule has 128 valence electrons. The van der Waals surface area contributed by atoms with E-state index in [1.54, 1.807) is 31.8 Å². The van der Waals surface area contributed by atoms with Crippen LogP contribution < -0.4 is 10.5 Å². The Hall–Kier alpha value is -3.47. The second-order valence-electron chi connectivity index (χ2n) is 5.97. The van der Waals surface area contributed by atoms with Gasteiger partial charge in [-0.15, -0.1) is 0 Å². The van der Waals surface area contributed by atoms with Crippen molar-refractivity contribution in [2.24, 2.45) is 4.99 Å². The molecular weight excluding hydrogens is 324 g/mol. The van der Waals surface area contributed by atoms with Gasteiger partial charge in [-0.25, -0.2) is 4.98 Å². The second kappa shape index (κ2) is 6.80. The van der Waals surface area contributed by atoms with Crippen molar-refractivity contribution in [2.45, 2.75) is 6.42 Å². The van der Waals surface area contributed by atoms with Gasteiger partial charge >= 0.3 is 0 Å². The van der Waals surface area contributed by atoms with Crippen molar-refractivity contribution in [3.05, 3.63) is 83.8 Å². The van der Waals surface area contributed by atoms with Gasteiger partial charge in [-0.05, 0) is 23.3 Å². The van der Waals surface area contributed by atoms with Gasteiger partial charge < -0.3 is 10.5 Å². The predicted octanol–water partition coefficient (Wildman–Crippen LogP) is 3.83. The molecule has 0 bridgehead atoms. The van der Waals surface area contributed by atoms with E-state index in [1.807, 2.05) is 30.3 Å². The maximum absolute atomic E-state index is 5.82. The lowest BCUT2D eigenvalue weighted by Gasteiger charge is -2.11. The van der Waals surface area contributed by atoms with Crippen LogP contribution >= 0.6 is 0 Å². The van der Waals surface area contributed by atoms with E-state index in [-0.39, 0.29) is 0 Å². The predicted molar refractivity (Wildman–Crippen MR) is 104 cm³/mol. The summed E-state index contributed by atoms with van der Waals surface area (Å²) in [6, 6.07) is 15.9. The van der Waals surface area contributed by atoms with E-state index in [0.29, 0.717) is 18.0 Å². The number of rotatable bonds is 4. The first kappa shape index (κ1) is 16.0. The summed E-state index contributed by atoms with van der Waals surface area (Å²) >= 11 is 0. The number of aliphatic imine (C=N–C) groups is 1. The van der Waals surface area contributed by atoms with Gasteiger partial charge in [0.1, 0.15) is 11.6 Å². The number of allylic oxidation sites excluding steroid dienone is 1. The molecule has 1 aliphatic heterocycles. The van der Waals surface area contributed by atoms with Crippen molar-refractivity contribution in [1.29, 1.82) is 0 Å². The summed E-state index contributed by atoms with van der Waals surface area (Å²) in [4.78, 5) is 13.3. The third kappa shape index (κ3) is 2.95. The van der Waals surface area contributed by atoms with Crippen LogP contribution in [0.3, 0.4) is 0 Å². The van der Waals surface area contributed by atoms with Crippen LogP contribution in [0.1, 0.15) is 23.1 Å². The summed E-state index contributed by atoms with van der Waals surface area (Å²) in [7, 11) is 1.64. The monoisotopic (exact) mass is 342 g/mol. The van der Waals surface area contributed by atoms with Crippen LogP contribution in [-0.4, -0.2) is 22.8 Å². The molecule has 0 fully saturated rings. The van der Waals surface area contributed by atoms with Gasteiger partial charge in [-0.2, -0.15) is 0 Å². The minimum atomic E-state index is 0.429. The van der Waals surface area contributed by atoms with Gasteiger partial charge in [0.05, 0.1) is 18.5 Å². The number of nitrogens with zero attached hydrogens (tertiary/aromatic N) is 3. The fourth-order valence-corrected chi connectivity index (χ4v) is 3.11. The summed E-state index contributed by atoms with van der Waals surface area (Å²) in [5.41, 5.74) is 11.9. The van der Waals surface area contributed by atoms with Crippen molar-refractivity contribution in [2.75, 3.05) is 12.8 Å². The number of ether oxygens (including phenoxy) is 1. The van der Waals surface area contributed by atoms with E-state index in [2.05, 4.69) is 22.1 Å². The number of nitrogen functional groups attached to an aromatic ring is 1. The lowest BCUT2D eigenvalue weighted by Crippen LogP contribution is -2.00. The first-order chi connectivity index (χ1) is 12.8. The molecule has 2 N–H and O–H groups in total. The molecule has 0 amide bonds. The Morgan fingerprint density at radius 3 is 2.50 bits per heavy atom. The topological polar surface area (TPSA) is 73.4 Å². The van der Waals surface area contributed by atoms with E-state index in [0.717, 1.165) is 33.7 Å². The SMILES string of the molecule is COc1cc(N)ncc1C1=C(c2ccncc2)N=C(c2ccccc2)C1. The molecule has 26 heavy (non-hydrogen) atoms. The number of methoxy groups -OCH3 is 1. The van der Waals surface area contributed by atoms with Crippen molar-refractivity contribution < 1.29 is 4.74 Å². The summed E-state index contributed by atoms with van der Waals surface area (Å²) in [6.07, 6.45) is 6.00. The summed E-state index contributed by atoms with van der Waals surface area (Å²) < 4.78 is 5.55. The molecule has 0 atom stereocenters. The highest BCUT2D eigenvalue weighted by molar-refractivity contribution is 6.17. The molecule has 0 saturated carbocycles. The second-order valence-corrected chi connectivity index (χ2v) is 5.97. The quantitative estimate of drug-likeness (QED) is 0.782. The highest BCUT2D eigenvalue weighted by atomic mass is 16.5. The molecule has 3 aromatic rings. The van der Waals surface area contributed by atoms with Crippen LogP contribution in [0.4, 0.5) is 5.82 Å². The standard InChI is InChI=1S/C21H18N4O/c1-26-19-12-20(22)24-13-17(19)16-11-18(14-5-3-2-4-6-14)25-21(16)15-7-9-23-10-8-15/h2-10,12-13H,11H2,1H3,(H2,22,24). The van der Waals surface area contributed by atoms with Gasteiger partial charge in [0.2, 0.25) is 0 Å². The molecule has 0 radical (unpaired) electrons. The van der Waals surface area contributed by atoms with Crippen LogP contribution in [0.15, 0.2) is 72.1 Å². The Balaban J connectivity index is 1.86. The first-order valence-electron chi connectivity index (χ1n) is 8.32. The Kier molecular flexibility index (Phi) is 4.19. The maximum Gasteiger partial charge on any atom is 0.131 e. The Labute approximate surface area is 151 Å². The number of pyridine rings is 2. The number of nitrogens with two attached hydrogens (primary N) is 1. The summed E-state index contributed by atoms with van der Waals surface area (Å²) in [5, 5.41) is 0. The average Bonchev–Trinajstić information content (AvgIpc) is 3.14. The maximum atomic E-state index is 5.82. The van der Waals surface area contributed by atoms with E-state index < -0.39 is 0 Å². The third-order valence-electron chi connectivity index (χ3n) is 4.37. The number of hydrogen-bond donors (Lipinski definition) is 1. The van der Waals surface area contributed by atoms with Crippen LogP contribution in [0.2, 0.25) is 0 Å². The molecule has 2 aromatic heterocycles. The molecule has 0 unspecified atom stereocenters. The number of anilines is 1. The zero-order chi connectivity index (χ0) is 17.9. The third-order valence-corrected chi connectivity index (χ3v) is 4.37. The van der Waals surface area contributed by atoms with E-state index in [1.165, 1.54) is 0 Å². The van der Waals surface area contributed by atoms with Gasteiger partial charge in [-0.1, -0.05) is 30.3 Å². The molecule has 0 spiro atoms. The van der Waals surface area contributed by atoms with Crippen molar-refractivity contribution >= 4 is 22.8 Å². The minimum Gasteiger partial charge on any atom is -0.496 e. The van der Waals surface area contributed by atoms with Crippen molar-refractivity contribution in [3.63, 3.8) is 0 Å². The van der Waals surface area contributed by atoms with Gasteiger partial charge in [0.25, 0.3) is 0 Å². The van der Waals surface area contributed by atoms with Crippen LogP contribution in [0, 0.1) is 0 Å². The smallest absolute Gasteiger partial charge is 0.131 e. The lowest BCUT2D eigenvalue weighted by molar-refractivity contribution is 0.413. The molecule has 5 heteroatoms. The molecule has 5 nitrogen and oxygen atoms in total. The molecule has 3 heterocycles. The number of benzene rings is 1. The van der Waals surface area contributed by atoms with Crippen LogP contribution in [-0.2, 0) is 0 Å². The minimum absolute atomic E-state index is 0.429. The zero-order valence-electron chi connectivity index (χ0n) is 14.4. The number of hydrogen-bond acceptors (Lipinski definition) is 5. The normalized spacial score (nSPS) is 13.7. The highest BCUT2D eigenvalue weighted by Gasteiger charge is 2.24. The molecular formula is C21H18N4O. The summed E-state index contributed by atoms with van der Waals surface area (Å²) in [6.45, 7) is 0. The molecule has 0 saturated heterocycles. The lowest BCUT2D eigenvalue weighted by atomic mass is 9.96. The van der Waals surface area contributed by atoms with E-state index in [9.17, 15) is 0 Å². The highest BCUT2D eigenvalue weighted by Crippen LogP contribution is 2.40. The molecule has 1 aromatic carbocycles. The fourth-order valence-electron chi connectivity index (χ4n) is 3.11. The van der Waals surface area contributed by atoms with Gasteiger partial charge in [-0.3, -0.25) is 9.98 Å². The number of aromatic nitrogens is 2. The molecule has 1 aliphatic rings. The van der Waals surface area contributed by atoms with Crippen LogP contribution in [0.5, 0.6) is 5.75 Å². The van der Waals surface area contributed by atoms with Gasteiger partial charge in [0.15, 0.2) is 0 Å². The van der Waals surface area contributed by atoms with Gasteiger partial charge in [0, 0.05) is 42.2 Å². The first-order valence-corrected chi connectivity index (χ1v) is 8.32. The Morgan fingerprint density at radius 2 is 1.77 bits per heavy atom. The van der Waals surface area contributed by atoms with Crippen molar-refractivity contribution in [1.82, 2.24) is 9.97 Å². The fraction of sp³-hybridized carbons (Fsp3) is 0.0952. The van der Waals surface area contributed by atoms with E-state index in [4.69, 9.17) is 15.5 Å². The Bertz CT molecular complexity index is 995. The summed E-state index contributed by atoms with van der Waals surface area (Å²) in [5.74, 6) is 1.13. The van der Waals surface area contributed by atoms with E-state index >= 15 is 0 Å².